The van der Waals surface area contributed by atoms with Crippen LogP contribution < -0.4 is 6.15 Å². The maximum absolute atomic E-state index is 2.35. The highest BCUT2D eigenvalue weighted by atomic mass is 35.5. The van der Waals surface area contributed by atoms with E-state index in [4.69, 9.17) is 0 Å². The molecule has 1 nitrogen and oxygen atoms in total. The highest BCUT2D eigenvalue weighted by molar-refractivity contribution is 5.85. The van der Waals surface area contributed by atoms with Crippen LogP contribution in [-0.2, 0) is 0 Å². The third kappa shape index (κ3) is 25.5. The van der Waals surface area contributed by atoms with Gasteiger partial charge in [-0.05, 0) is 11.8 Å². The fourth-order valence-electron chi connectivity index (χ4n) is 2.67. The fraction of sp³-hybridized carbons (Fsp3) is 1.00. The van der Waals surface area contributed by atoms with Crippen molar-refractivity contribution in [1.29, 1.82) is 0 Å². The van der Waals surface area contributed by atoms with Gasteiger partial charge in [0.25, 0.3) is 0 Å². The molecule has 0 amide bonds. The number of halogens is 1. The lowest BCUT2D eigenvalue weighted by Crippen LogP contribution is -2.03. The van der Waals surface area contributed by atoms with Gasteiger partial charge in [0.2, 0.25) is 0 Å². The minimum Gasteiger partial charge on any atom is -0.344 e. The Kier molecular flexibility index (Phi) is 22.8. The molecule has 0 heterocycles. The average Bonchev–Trinajstić information content (AvgIpc) is 2.34. The molecule has 0 aliphatic rings. The van der Waals surface area contributed by atoms with Gasteiger partial charge in [-0.15, -0.1) is 12.4 Å². The van der Waals surface area contributed by atoms with Crippen molar-refractivity contribution < 1.29 is 0 Å². The van der Waals surface area contributed by atoms with Crippen molar-refractivity contribution in [2.75, 3.05) is 0 Å². The Morgan fingerprint density at radius 2 is 0.810 bits per heavy atom. The summed E-state index contributed by atoms with van der Waals surface area (Å²) in [6.07, 6.45) is 20.4. The summed E-state index contributed by atoms with van der Waals surface area (Å²) in [5, 5.41) is 0. The Hall–Kier alpha value is 0.250. The first-order chi connectivity index (χ1) is 9.06. The third-order valence-corrected chi connectivity index (χ3v) is 4.03. The monoisotopic (exact) mass is 321 g/mol. The largest absolute Gasteiger partial charge is 0.344 e. The van der Waals surface area contributed by atoms with Gasteiger partial charge >= 0.3 is 0 Å². The molecule has 0 radical (unpaired) electrons. The molecule has 2 heteroatoms. The SMILES string of the molecule is CCCCCCCCCCCCCCCC(C)(C)C.Cl.N. The van der Waals surface area contributed by atoms with Crippen LogP contribution in [0.15, 0.2) is 0 Å². The molecule has 0 bridgehead atoms. The zero-order chi connectivity index (χ0) is 14.4. The van der Waals surface area contributed by atoms with E-state index < -0.39 is 0 Å². The van der Waals surface area contributed by atoms with Gasteiger partial charge in [0, 0.05) is 0 Å². The molecule has 0 aromatic rings. The molecule has 132 valence electrons. The number of unbranched alkanes of at least 4 members (excludes halogenated alkanes) is 12. The van der Waals surface area contributed by atoms with Gasteiger partial charge in [-0.3, -0.25) is 0 Å². The summed E-state index contributed by atoms with van der Waals surface area (Å²) >= 11 is 0. The van der Waals surface area contributed by atoms with E-state index in [1.54, 1.807) is 0 Å². The summed E-state index contributed by atoms with van der Waals surface area (Å²) in [5.74, 6) is 0. The third-order valence-electron chi connectivity index (χ3n) is 4.03. The van der Waals surface area contributed by atoms with Crippen LogP contribution in [0.2, 0.25) is 0 Å². The van der Waals surface area contributed by atoms with E-state index in [0.717, 1.165) is 0 Å². The van der Waals surface area contributed by atoms with E-state index in [2.05, 4.69) is 27.7 Å². The molecule has 0 atom stereocenters. The summed E-state index contributed by atoms with van der Waals surface area (Å²) in [7, 11) is 0. The Labute approximate surface area is 142 Å². The lowest BCUT2D eigenvalue weighted by molar-refractivity contribution is 0.356. The Bertz CT molecular complexity index is 175. The molecule has 0 aromatic heterocycles. The molecule has 0 unspecified atom stereocenters. The molecule has 0 saturated heterocycles. The smallest absolute Gasteiger partial charge is 0.0383 e. The van der Waals surface area contributed by atoms with Gasteiger partial charge in [0.1, 0.15) is 0 Å². The van der Waals surface area contributed by atoms with Gasteiger partial charge < -0.3 is 6.15 Å². The van der Waals surface area contributed by atoms with Crippen molar-refractivity contribution in [2.24, 2.45) is 5.41 Å². The summed E-state index contributed by atoms with van der Waals surface area (Å²) in [6, 6.07) is 0. The minimum atomic E-state index is 0. The van der Waals surface area contributed by atoms with E-state index in [1.165, 1.54) is 89.9 Å². The van der Waals surface area contributed by atoms with Crippen LogP contribution >= 0.6 is 12.4 Å². The number of hydrogen-bond acceptors (Lipinski definition) is 1. The standard InChI is InChI=1S/C19H40.ClH.H3N/c1-5-6-7-8-9-10-11-12-13-14-15-16-17-18-19(2,3)4;;/h5-18H2,1-4H3;1H;1H3. The van der Waals surface area contributed by atoms with Crippen LogP contribution in [0.5, 0.6) is 0 Å². The van der Waals surface area contributed by atoms with Gasteiger partial charge in [0.05, 0.1) is 0 Å². The number of hydrogen-bond donors (Lipinski definition) is 1. The minimum absolute atomic E-state index is 0. The summed E-state index contributed by atoms with van der Waals surface area (Å²) in [4.78, 5) is 0. The molecule has 3 N–H and O–H groups in total. The van der Waals surface area contributed by atoms with Gasteiger partial charge in [0.15, 0.2) is 0 Å². The van der Waals surface area contributed by atoms with E-state index in [0.29, 0.717) is 5.41 Å². The van der Waals surface area contributed by atoms with Crippen molar-refractivity contribution >= 4 is 12.4 Å². The van der Waals surface area contributed by atoms with E-state index in [-0.39, 0.29) is 18.6 Å². The van der Waals surface area contributed by atoms with Crippen molar-refractivity contribution in [1.82, 2.24) is 6.15 Å². The Morgan fingerprint density at radius 3 is 1.10 bits per heavy atom. The first-order valence-corrected chi connectivity index (χ1v) is 9.06. The van der Waals surface area contributed by atoms with Crippen LogP contribution in [-0.4, -0.2) is 0 Å². The summed E-state index contributed by atoms with van der Waals surface area (Å²) in [6.45, 7) is 9.36. The summed E-state index contributed by atoms with van der Waals surface area (Å²) < 4.78 is 0. The van der Waals surface area contributed by atoms with Crippen molar-refractivity contribution in [2.45, 2.75) is 118 Å². The predicted octanol–water partition coefficient (Wildman–Crippen LogP) is 8.10. The lowest BCUT2D eigenvalue weighted by Gasteiger charge is -2.17. The molecular formula is C19H44ClN. The van der Waals surface area contributed by atoms with E-state index >= 15 is 0 Å². The first-order valence-electron chi connectivity index (χ1n) is 9.06. The molecular weight excluding hydrogens is 278 g/mol. The van der Waals surface area contributed by atoms with Crippen LogP contribution in [0, 0.1) is 5.41 Å². The van der Waals surface area contributed by atoms with Crippen LogP contribution in [0.1, 0.15) is 118 Å². The predicted molar refractivity (Wildman–Crippen MR) is 102 cm³/mol. The second-order valence-electron chi connectivity index (χ2n) is 7.55. The first kappa shape index (κ1) is 26.2. The second kappa shape index (κ2) is 18.3. The topological polar surface area (TPSA) is 35.0 Å². The molecule has 0 fully saturated rings. The maximum Gasteiger partial charge on any atom is -0.0383 e. The summed E-state index contributed by atoms with van der Waals surface area (Å²) in [5.41, 5.74) is 0.539. The van der Waals surface area contributed by atoms with Crippen molar-refractivity contribution in [3.63, 3.8) is 0 Å². The molecule has 0 aromatic carbocycles. The van der Waals surface area contributed by atoms with Gasteiger partial charge in [-0.2, -0.15) is 0 Å². The maximum atomic E-state index is 2.35. The molecule has 0 spiro atoms. The molecule has 0 aliphatic heterocycles. The lowest BCUT2D eigenvalue weighted by atomic mass is 9.89. The second-order valence-corrected chi connectivity index (χ2v) is 7.55. The Morgan fingerprint density at radius 1 is 0.524 bits per heavy atom. The Balaban J connectivity index is -0.00000162. The van der Waals surface area contributed by atoms with E-state index in [9.17, 15) is 0 Å². The average molecular weight is 322 g/mol. The molecule has 0 aliphatic carbocycles. The fourth-order valence-corrected chi connectivity index (χ4v) is 2.67. The molecule has 21 heavy (non-hydrogen) atoms. The zero-order valence-electron chi connectivity index (χ0n) is 15.5. The van der Waals surface area contributed by atoms with Crippen molar-refractivity contribution in [3.8, 4) is 0 Å². The van der Waals surface area contributed by atoms with Crippen LogP contribution in [0.4, 0.5) is 0 Å². The van der Waals surface area contributed by atoms with Gasteiger partial charge in [-0.1, -0.05) is 111 Å². The highest BCUT2D eigenvalue weighted by Gasteiger charge is 2.08. The molecule has 0 rings (SSSR count). The zero-order valence-corrected chi connectivity index (χ0v) is 16.3. The van der Waals surface area contributed by atoms with E-state index in [1.807, 2.05) is 0 Å². The van der Waals surface area contributed by atoms with Crippen LogP contribution in [0.25, 0.3) is 0 Å². The quantitative estimate of drug-likeness (QED) is 0.341. The van der Waals surface area contributed by atoms with Crippen molar-refractivity contribution in [3.05, 3.63) is 0 Å². The normalized spacial score (nSPS) is 10.9. The molecule has 0 saturated carbocycles. The number of rotatable bonds is 13. The van der Waals surface area contributed by atoms with Crippen LogP contribution in [0.3, 0.4) is 0 Å². The highest BCUT2D eigenvalue weighted by Crippen LogP contribution is 2.22. The van der Waals surface area contributed by atoms with Gasteiger partial charge in [-0.25, -0.2) is 0 Å².